The number of H-pyrrole nitrogens is 1. The van der Waals surface area contributed by atoms with Crippen molar-refractivity contribution in [1.82, 2.24) is 15.5 Å². The van der Waals surface area contributed by atoms with E-state index in [2.05, 4.69) is 29.4 Å². The monoisotopic (exact) mass is 349 g/mol. The van der Waals surface area contributed by atoms with Crippen LogP contribution in [0.5, 0.6) is 0 Å². The molecule has 2 saturated heterocycles. The third kappa shape index (κ3) is 1.52. The second-order valence-electron chi connectivity index (χ2n) is 8.89. The van der Waals surface area contributed by atoms with Gasteiger partial charge in [0.05, 0.1) is 10.4 Å². The Hall–Kier alpha value is -0.880. The van der Waals surface area contributed by atoms with E-state index in [1.54, 1.807) is 6.20 Å². The summed E-state index contributed by atoms with van der Waals surface area (Å²) in [5.74, 6) is 2.10. The molecule has 2 aliphatic heterocycles. The Morgan fingerprint density at radius 1 is 1.25 bits per heavy atom. The number of nitrogens with zero attached hydrogens (tertiary/aromatic N) is 1. The first-order valence-corrected chi connectivity index (χ1v) is 10.9. The number of hydrogen-bond donors (Lipinski definition) is 2. The van der Waals surface area contributed by atoms with Crippen molar-refractivity contribution in [1.29, 1.82) is 0 Å². The SMILES string of the molecule is CC(C)C1(C2CC3CC3C2)C2(CCNC2)C(c2ccn[nH]2)S1(=O)=O. The zero-order valence-corrected chi connectivity index (χ0v) is 15.3. The Morgan fingerprint density at radius 3 is 2.54 bits per heavy atom. The summed E-state index contributed by atoms with van der Waals surface area (Å²) in [6.45, 7) is 6.03. The lowest BCUT2D eigenvalue weighted by molar-refractivity contribution is 0.0497. The Labute approximate surface area is 143 Å². The summed E-state index contributed by atoms with van der Waals surface area (Å²) in [5, 5.41) is 10.1. The summed E-state index contributed by atoms with van der Waals surface area (Å²) in [4.78, 5) is 0. The van der Waals surface area contributed by atoms with Gasteiger partial charge in [-0.2, -0.15) is 5.10 Å². The molecule has 5 nitrogen and oxygen atoms in total. The van der Waals surface area contributed by atoms with Crippen molar-refractivity contribution in [3.05, 3.63) is 18.0 Å². The summed E-state index contributed by atoms with van der Waals surface area (Å²) in [6.07, 6.45) is 6.22. The molecule has 4 fully saturated rings. The fourth-order valence-electron chi connectivity index (χ4n) is 7.15. The van der Waals surface area contributed by atoms with Gasteiger partial charge < -0.3 is 5.32 Å². The Kier molecular flexibility index (Phi) is 2.97. The van der Waals surface area contributed by atoms with E-state index in [-0.39, 0.29) is 11.3 Å². The molecule has 5 rings (SSSR count). The molecule has 0 aromatic carbocycles. The summed E-state index contributed by atoms with van der Waals surface area (Å²) in [7, 11) is -3.24. The molecule has 0 radical (unpaired) electrons. The number of hydrogen-bond acceptors (Lipinski definition) is 4. The maximum atomic E-state index is 13.8. The van der Waals surface area contributed by atoms with Crippen LogP contribution in [-0.4, -0.2) is 36.5 Å². The summed E-state index contributed by atoms with van der Waals surface area (Å²) in [5.41, 5.74) is 0.617. The fraction of sp³-hybridized carbons (Fsp3) is 0.833. The van der Waals surface area contributed by atoms with Gasteiger partial charge in [0, 0.05) is 18.2 Å². The first-order valence-electron chi connectivity index (χ1n) is 9.38. The number of aromatic nitrogens is 2. The number of sulfone groups is 1. The van der Waals surface area contributed by atoms with Crippen molar-refractivity contribution in [2.75, 3.05) is 13.1 Å². The van der Waals surface area contributed by atoms with Crippen LogP contribution in [0.4, 0.5) is 0 Å². The summed E-state index contributed by atoms with van der Waals surface area (Å²) in [6, 6.07) is 1.86. The molecule has 132 valence electrons. The van der Waals surface area contributed by atoms with E-state index in [4.69, 9.17) is 0 Å². The van der Waals surface area contributed by atoms with E-state index in [0.717, 1.165) is 49.9 Å². The summed E-state index contributed by atoms with van der Waals surface area (Å²) >= 11 is 0. The molecule has 0 amide bonds. The first kappa shape index (κ1) is 15.4. The maximum absolute atomic E-state index is 13.8. The van der Waals surface area contributed by atoms with Crippen LogP contribution in [0, 0.1) is 29.1 Å². The molecule has 0 bridgehead atoms. The van der Waals surface area contributed by atoms with Crippen LogP contribution in [0.2, 0.25) is 0 Å². The van der Waals surface area contributed by atoms with E-state index < -0.39 is 19.8 Å². The van der Waals surface area contributed by atoms with E-state index in [0.29, 0.717) is 5.92 Å². The Balaban J connectivity index is 1.68. The molecule has 2 saturated carbocycles. The molecule has 2 aliphatic carbocycles. The van der Waals surface area contributed by atoms with Gasteiger partial charge in [-0.3, -0.25) is 5.10 Å². The molecule has 2 N–H and O–H groups in total. The molecule has 4 aliphatic rings. The minimum Gasteiger partial charge on any atom is -0.316 e. The highest BCUT2D eigenvalue weighted by atomic mass is 32.2. The van der Waals surface area contributed by atoms with Gasteiger partial charge in [0.1, 0.15) is 5.25 Å². The molecule has 6 heteroatoms. The van der Waals surface area contributed by atoms with Gasteiger partial charge in [-0.05, 0) is 62.0 Å². The molecule has 1 aromatic heterocycles. The zero-order valence-electron chi connectivity index (χ0n) is 14.5. The molecule has 1 aromatic rings. The molecular formula is C18H27N3O2S. The number of nitrogens with one attached hydrogen (secondary N) is 2. The van der Waals surface area contributed by atoms with Crippen LogP contribution in [0.25, 0.3) is 0 Å². The second kappa shape index (κ2) is 4.64. The largest absolute Gasteiger partial charge is 0.316 e. The van der Waals surface area contributed by atoms with Gasteiger partial charge in [-0.15, -0.1) is 0 Å². The van der Waals surface area contributed by atoms with E-state index in [1.807, 2.05) is 6.07 Å². The molecule has 3 heterocycles. The third-order valence-corrected chi connectivity index (χ3v) is 11.2. The summed E-state index contributed by atoms with van der Waals surface area (Å²) < 4.78 is 27.0. The average Bonchev–Trinajstić information content (AvgIpc) is 3.00. The normalized spacial score (nSPS) is 48.6. The average molecular weight is 350 g/mol. The standard InChI is InChI=1S/C18H27N3O2S/c1-11(2)18(14-8-12-7-13(12)9-14)17(4-6-19-10-17)16(24(18,22)23)15-3-5-20-21-15/h3,5,11-14,16,19H,4,6-10H2,1-2H3,(H,20,21). The van der Waals surface area contributed by atoms with Crippen LogP contribution < -0.4 is 5.32 Å². The highest BCUT2D eigenvalue weighted by Gasteiger charge is 2.81. The third-order valence-electron chi connectivity index (χ3n) is 7.76. The molecule has 5 atom stereocenters. The first-order chi connectivity index (χ1) is 11.4. The maximum Gasteiger partial charge on any atom is 0.166 e. The van der Waals surface area contributed by atoms with Crippen molar-refractivity contribution < 1.29 is 8.42 Å². The van der Waals surface area contributed by atoms with Gasteiger partial charge in [0.15, 0.2) is 9.84 Å². The van der Waals surface area contributed by atoms with E-state index >= 15 is 0 Å². The highest BCUT2D eigenvalue weighted by Crippen LogP contribution is 2.74. The lowest BCUT2D eigenvalue weighted by Crippen LogP contribution is -2.75. The molecule has 5 unspecified atom stereocenters. The number of rotatable bonds is 3. The van der Waals surface area contributed by atoms with Gasteiger partial charge >= 0.3 is 0 Å². The Morgan fingerprint density at radius 2 is 2.00 bits per heavy atom. The smallest absolute Gasteiger partial charge is 0.166 e. The van der Waals surface area contributed by atoms with E-state index in [1.165, 1.54) is 6.42 Å². The predicted octanol–water partition coefficient (Wildman–Crippen LogP) is 2.30. The van der Waals surface area contributed by atoms with E-state index in [9.17, 15) is 8.42 Å². The van der Waals surface area contributed by atoms with Gasteiger partial charge in [-0.25, -0.2) is 8.42 Å². The zero-order chi connectivity index (χ0) is 16.7. The topological polar surface area (TPSA) is 74.8 Å². The van der Waals surface area contributed by atoms with Gasteiger partial charge in [0.25, 0.3) is 0 Å². The quantitative estimate of drug-likeness (QED) is 0.878. The molecule has 1 spiro atoms. The molecular weight excluding hydrogens is 322 g/mol. The van der Waals surface area contributed by atoms with Gasteiger partial charge in [0.2, 0.25) is 0 Å². The fourth-order valence-corrected chi connectivity index (χ4v) is 11.0. The van der Waals surface area contributed by atoms with Crippen molar-refractivity contribution in [3.8, 4) is 0 Å². The second-order valence-corrected chi connectivity index (χ2v) is 11.1. The van der Waals surface area contributed by atoms with Crippen molar-refractivity contribution in [3.63, 3.8) is 0 Å². The van der Waals surface area contributed by atoms with Crippen LogP contribution >= 0.6 is 0 Å². The molecule has 24 heavy (non-hydrogen) atoms. The lowest BCUT2D eigenvalue weighted by Gasteiger charge is -2.66. The Bertz CT molecular complexity index is 741. The van der Waals surface area contributed by atoms with Crippen LogP contribution in [0.1, 0.15) is 50.5 Å². The van der Waals surface area contributed by atoms with Crippen molar-refractivity contribution in [2.24, 2.45) is 29.1 Å². The van der Waals surface area contributed by atoms with Crippen LogP contribution in [0.3, 0.4) is 0 Å². The predicted molar refractivity (Wildman–Crippen MR) is 92.1 cm³/mol. The lowest BCUT2D eigenvalue weighted by atomic mass is 9.58. The van der Waals surface area contributed by atoms with Gasteiger partial charge in [-0.1, -0.05) is 13.8 Å². The highest BCUT2D eigenvalue weighted by molar-refractivity contribution is 7.94. The van der Waals surface area contributed by atoms with Crippen molar-refractivity contribution >= 4 is 9.84 Å². The minimum absolute atomic E-state index is 0.157. The number of aromatic amines is 1. The van der Waals surface area contributed by atoms with Crippen LogP contribution in [-0.2, 0) is 9.84 Å². The van der Waals surface area contributed by atoms with Crippen LogP contribution in [0.15, 0.2) is 12.3 Å². The van der Waals surface area contributed by atoms with Crippen molar-refractivity contribution in [2.45, 2.75) is 49.5 Å². The number of fused-ring (bicyclic) bond motifs is 1. The minimum atomic E-state index is -3.24.